The molecule has 0 aliphatic heterocycles. The minimum atomic E-state index is -0.0709. The first-order valence-electron chi connectivity index (χ1n) is 4.71. The second-order valence-electron chi connectivity index (χ2n) is 3.05. The van der Waals surface area contributed by atoms with Crippen LogP contribution in [-0.2, 0) is 4.79 Å². The fraction of sp³-hybridized carbons (Fsp3) is 0.167. The number of allylic oxidation sites excluding steroid dienone is 1. The van der Waals surface area contributed by atoms with Gasteiger partial charge in [0.15, 0.2) is 5.78 Å². The van der Waals surface area contributed by atoms with E-state index in [4.69, 9.17) is 5.73 Å². The molecule has 0 bridgehead atoms. The second-order valence-corrected chi connectivity index (χ2v) is 3.05. The molecule has 0 spiro atoms. The zero-order valence-electron chi connectivity index (χ0n) is 8.35. The molecule has 0 aliphatic rings. The summed E-state index contributed by atoms with van der Waals surface area (Å²) in [6.45, 7) is 0.0281. The average Bonchev–Trinajstić information content (AvgIpc) is 2.29. The number of aldehydes is 1. The van der Waals surface area contributed by atoms with Gasteiger partial charge in [-0.15, -0.1) is 0 Å². The maximum atomic E-state index is 11.2. The molecule has 1 aromatic rings. The molecule has 0 unspecified atom stereocenters. The molecule has 0 aliphatic carbocycles. The SMILES string of the molecule is NCC(=O)c1ccc(C=CCC=O)cc1. The summed E-state index contributed by atoms with van der Waals surface area (Å²) in [6, 6.07) is 7.11. The van der Waals surface area contributed by atoms with Crippen molar-refractivity contribution in [2.24, 2.45) is 5.73 Å². The zero-order chi connectivity index (χ0) is 11.1. The van der Waals surface area contributed by atoms with Gasteiger partial charge in [-0.25, -0.2) is 0 Å². The van der Waals surface area contributed by atoms with Crippen LogP contribution in [0.3, 0.4) is 0 Å². The largest absolute Gasteiger partial charge is 0.324 e. The molecule has 0 saturated heterocycles. The number of ketones is 1. The number of hydrogen-bond acceptors (Lipinski definition) is 3. The summed E-state index contributed by atoms with van der Waals surface area (Å²) in [6.07, 6.45) is 4.85. The van der Waals surface area contributed by atoms with Gasteiger partial charge in [-0.3, -0.25) is 4.79 Å². The summed E-state index contributed by atoms with van der Waals surface area (Å²) in [5.74, 6) is -0.0709. The van der Waals surface area contributed by atoms with Crippen LogP contribution in [0.2, 0.25) is 0 Å². The highest BCUT2D eigenvalue weighted by Gasteiger charge is 2.00. The molecule has 0 atom stereocenters. The first kappa shape index (κ1) is 11.3. The van der Waals surface area contributed by atoms with Gasteiger partial charge in [0.2, 0.25) is 0 Å². The van der Waals surface area contributed by atoms with Crippen molar-refractivity contribution in [1.82, 2.24) is 0 Å². The Morgan fingerprint density at radius 2 is 1.93 bits per heavy atom. The molecule has 15 heavy (non-hydrogen) atoms. The van der Waals surface area contributed by atoms with E-state index in [0.717, 1.165) is 11.8 Å². The lowest BCUT2D eigenvalue weighted by atomic mass is 10.1. The molecule has 3 heteroatoms. The second kappa shape index (κ2) is 5.88. The Hall–Kier alpha value is -1.74. The van der Waals surface area contributed by atoms with Crippen molar-refractivity contribution in [2.75, 3.05) is 6.54 Å². The molecule has 2 N–H and O–H groups in total. The Bertz CT molecular complexity index is 366. The number of rotatable bonds is 5. The van der Waals surface area contributed by atoms with E-state index >= 15 is 0 Å². The van der Waals surface area contributed by atoms with Crippen LogP contribution in [0.25, 0.3) is 6.08 Å². The maximum Gasteiger partial charge on any atom is 0.176 e. The van der Waals surface area contributed by atoms with Gasteiger partial charge < -0.3 is 10.5 Å². The summed E-state index contributed by atoms with van der Waals surface area (Å²) in [5.41, 5.74) is 6.82. The van der Waals surface area contributed by atoms with Crippen molar-refractivity contribution in [2.45, 2.75) is 6.42 Å². The number of nitrogens with two attached hydrogens (primary N) is 1. The van der Waals surface area contributed by atoms with Crippen LogP contribution >= 0.6 is 0 Å². The van der Waals surface area contributed by atoms with Crippen molar-refractivity contribution in [3.63, 3.8) is 0 Å². The molecule has 0 heterocycles. The van der Waals surface area contributed by atoms with E-state index in [1.165, 1.54) is 0 Å². The quantitative estimate of drug-likeness (QED) is 0.581. The highest BCUT2D eigenvalue weighted by Crippen LogP contribution is 2.06. The van der Waals surface area contributed by atoms with Gasteiger partial charge in [0.25, 0.3) is 0 Å². The third-order valence-electron chi connectivity index (χ3n) is 1.96. The molecule has 0 amide bonds. The standard InChI is InChI=1S/C12H13NO2/c13-9-12(15)11-6-4-10(5-7-11)3-1-2-8-14/h1,3-8H,2,9,13H2. The van der Waals surface area contributed by atoms with Crippen molar-refractivity contribution in [3.05, 3.63) is 41.5 Å². The molecular formula is C12H13NO2. The lowest BCUT2D eigenvalue weighted by Crippen LogP contribution is -2.13. The summed E-state index contributed by atoms with van der Waals surface area (Å²) in [5, 5.41) is 0. The smallest absolute Gasteiger partial charge is 0.176 e. The molecule has 3 nitrogen and oxygen atoms in total. The molecule has 0 saturated carbocycles. The van der Waals surface area contributed by atoms with Crippen LogP contribution in [-0.4, -0.2) is 18.6 Å². The van der Waals surface area contributed by atoms with Crippen molar-refractivity contribution in [1.29, 1.82) is 0 Å². The van der Waals surface area contributed by atoms with E-state index in [1.807, 2.05) is 18.2 Å². The van der Waals surface area contributed by atoms with Gasteiger partial charge in [-0.2, -0.15) is 0 Å². The first-order valence-corrected chi connectivity index (χ1v) is 4.71. The van der Waals surface area contributed by atoms with Crippen molar-refractivity contribution in [3.8, 4) is 0 Å². The third kappa shape index (κ3) is 3.48. The van der Waals surface area contributed by atoms with Gasteiger partial charge in [-0.1, -0.05) is 36.4 Å². The summed E-state index contributed by atoms with van der Waals surface area (Å²) < 4.78 is 0. The molecule has 0 fully saturated rings. The third-order valence-corrected chi connectivity index (χ3v) is 1.96. The van der Waals surface area contributed by atoms with Gasteiger partial charge in [0.05, 0.1) is 6.54 Å². The van der Waals surface area contributed by atoms with Crippen LogP contribution in [0.5, 0.6) is 0 Å². The minimum Gasteiger partial charge on any atom is -0.324 e. The Kier molecular flexibility index (Phi) is 4.44. The Morgan fingerprint density at radius 3 is 2.47 bits per heavy atom. The van der Waals surface area contributed by atoms with Crippen LogP contribution < -0.4 is 5.73 Å². The molecule has 1 rings (SSSR count). The minimum absolute atomic E-state index is 0.0281. The number of carbonyl (C=O) groups excluding carboxylic acids is 2. The highest BCUT2D eigenvalue weighted by molar-refractivity contribution is 5.97. The normalized spacial score (nSPS) is 10.5. The first-order chi connectivity index (χ1) is 7.27. The van der Waals surface area contributed by atoms with Crippen molar-refractivity contribution < 1.29 is 9.59 Å². The average molecular weight is 203 g/mol. The van der Waals surface area contributed by atoms with Crippen LogP contribution in [0.1, 0.15) is 22.3 Å². The number of hydrogen-bond donors (Lipinski definition) is 1. The topological polar surface area (TPSA) is 60.2 Å². The Labute approximate surface area is 88.6 Å². The maximum absolute atomic E-state index is 11.2. The van der Waals surface area contributed by atoms with E-state index in [0.29, 0.717) is 12.0 Å². The monoisotopic (exact) mass is 203 g/mol. The fourth-order valence-corrected chi connectivity index (χ4v) is 1.16. The summed E-state index contributed by atoms with van der Waals surface area (Å²) in [4.78, 5) is 21.3. The number of benzene rings is 1. The van der Waals surface area contributed by atoms with Gasteiger partial charge >= 0.3 is 0 Å². The summed E-state index contributed by atoms with van der Waals surface area (Å²) >= 11 is 0. The van der Waals surface area contributed by atoms with E-state index in [1.54, 1.807) is 18.2 Å². The number of carbonyl (C=O) groups is 2. The highest BCUT2D eigenvalue weighted by atomic mass is 16.1. The van der Waals surface area contributed by atoms with Crippen molar-refractivity contribution >= 4 is 18.1 Å². The fourth-order valence-electron chi connectivity index (χ4n) is 1.16. The zero-order valence-corrected chi connectivity index (χ0v) is 8.35. The van der Waals surface area contributed by atoms with Gasteiger partial charge in [-0.05, 0) is 5.56 Å². The van der Waals surface area contributed by atoms with Crippen LogP contribution in [0, 0.1) is 0 Å². The number of Topliss-reactive ketones (excluding diaryl/α,β-unsaturated/α-hetero) is 1. The van der Waals surface area contributed by atoms with E-state index in [2.05, 4.69) is 0 Å². The molecular weight excluding hydrogens is 190 g/mol. The lowest BCUT2D eigenvalue weighted by Gasteiger charge is -1.98. The molecule has 78 valence electrons. The molecule has 0 radical (unpaired) electrons. The molecule has 1 aromatic carbocycles. The Balaban J connectivity index is 2.72. The summed E-state index contributed by atoms with van der Waals surface area (Å²) in [7, 11) is 0. The van der Waals surface area contributed by atoms with E-state index < -0.39 is 0 Å². The van der Waals surface area contributed by atoms with Crippen LogP contribution in [0.4, 0.5) is 0 Å². The van der Waals surface area contributed by atoms with Gasteiger partial charge in [0.1, 0.15) is 6.29 Å². The van der Waals surface area contributed by atoms with E-state index in [-0.39, 0.29) is 12.3 Å². The molecule has 0 aromatic heterocycles. The lowest BCUT2D eigenvalue weighted by molar-refractivity contribution is -0.107. The van der Waals surface area contributed by atoms with Gasteiger partial charge in [0, 0.05) is 12.0 Å². The van der Waals surface area contributed by atoms with Crippen LogP contribution in [0.15, 0.2) is 30.3 Å². The Morgan fingerprint density at radius 1 is 1.27 bits per heavy atom. The predicted octanol–water partition coefficient (Wildman–Crippen LogP) is 1.43. The predicted molar refractivity (Wildman–Crippen MR) is 59.5 cm³/mol. The van der Waals surface area contributed by atoms with E-state index in [9.17, 15) is 9.59 Å².